The number of halogens is 3. The molecule has 0 amide bonds. The van der Waals surface area contributed by atoms with E-state index in [0.29, 0.717) is 0 Å². The molecule has 3 heterocycles. The van der Waals surface area contributed by atoms with Gasteiger partial charge in [0.2, 0.25) is 0 Å². The molecule has 0 unspecified atom stereocenters. The zero-order valence-corrected chi connectivity index (χ0v) is 17.0. The first-order valence-electron chi connectivity index (χ1n) is 10.0. The quantitative estimate of drug-likeness (QED) is 0.673. The largest absolute Gasteiger partial charge is 0.490 e. The number of aromatic nitrogens is 3. The molecule has 6 nitrogen and oxygen atoms in total. The zero-order chi connectivity index (χ0) is 22.2. The van der Waals surface area contributed by atoms with Gasteiger partial charge in [-0.3, -0.25) is 4.90 Å². The number of nitrogens with zero attached hydrogens (tertiary/aromatic N) is 4. The fraction of sp³-hybridized carbons (Fsp3) is 0.364. The van der Waals surface area contributed by atoms with Crippen molar-refractivity contribution in [2.45, 2.75) is 32.1 Å². The summed E-state index contributed by atoms with van der Waals surface area (Å²) in [7, 11) is 2.15. The maximum absolute atomic E-state index is 10.6. The van der Waals surface area contributed by atoms with E-state index in [-0.39, 0.29) is 0 Å². The predicted octanol–water partition coefficient (Wildman–Crippen LogP) is 4.24. The molecule has 164 valence electrons. The van der Waals surface area contributed by atoms with Gasteiger partial charge in [0.1, 0.15) is 0 Å². The summed E-state index contributed by atoms with van der Waals surface area (Å²) in [5.41, 5.74) is 6.28. The number of benzene rings is 1. The van der Waals surface area contributed by atoms with Crippen molar-refractivity contribution in [1.82, 2.24) is 19.2 Å². The second-order valence-corrected chi connectivity index (χ2v) is 7.99. The van der Waals surface area contributed by atoms with Crippen LogP contribution in [0, 0.1) is 5.92 Å². The van der Waals surface area contributed by atoms with Crippen LogP contribution in [0.3, 0.4) is 0 Å². The molecule has 9 heteroatoms. The fourth-order valence-corrected chi connectivity index (χ4v) is 3.74. The number of carboxylic acids is 1. The Kier molecular flexibility index (Phi) is 5.62. The van der Waals surface area contributed by atoms with E-state index in [1.165, 1.54) is 36.2 Å². The van der Waals surface area contributed by atoms with Gasteiger partial charge in [0.15, 0.2) is 0 Å². The standard InChI is InChI=1S/C20H22N4.C2HF3O2/c1-22-10-9-18-19(22)14-23(11-15-7-8-15)12-16-13-24(21-20(16)18)17-5-3-2-4-6-17;3-2(4,5)1(6)7/h2-6,9-10,13,15H,7-8,11-12,14H2,1H3;(H,6,7). The van der Waals surface area contributed by atoms with Crippen LogP contribution in [-0.2, 0) is 24.9 Å². The Balaban J connectivity index is 0.000000289. The first-order chi connectivity index (χ1) is 14.7. The lowest BCUT2D eigenvalue weighted by atomic mass is 10.1. The number of rotatable bonds is 3. The minimum atomic E-state index is -5.08. The summed E-state index contributed by atoms with van der Waals surface area (Å²) in [6.45, 7) is 3.23. The van der Waals surface area contributed by atoms with Crippen LogP contribution in [0.2, 0.25) is 0 Å². The van der Waals surface area contributed by atoms with Crippen molar-refractivity contribution in [3.05, 3.63) is 60.0 Å². The molecule has 1 fully saturated rings. The van der Waals surface area contributed by atoms with Crippen LogP contribution < -0.4 is 0 Å². The highest BCUT2D eigenvalue weighted by Gasteiger charge is 2.38. The normalized spacial score (nSPS) is 16.0. The molecule has 1 aliphatic heterocycles. The number of para-hydroxylation sites is 1. The molecular weight excluding hydrogens is 409 g/mol. The summed E-state index contributed by atoms with van der Waals surface area (Å²) >= 11 is 0. The molecule has 0 spiro atoms. The van der Waals surface area contributed by atoms with Crippen LogP contribution in [0.4, 0.5) is 13.2 Å². The van der Waals surface area contributed by atoms with Gasteiger partial charge >= 0.3 is 12.1 Å². The SMILES string of the molecule is Cn1ccc2c1CN(CC1CC1)Cc1cn(-c3ccccc3)nc1-2.O=C(O)C(F)(F)F. The third kappa shape index (κ3) is 4.82. The third-order valence-corrected chi connectivity index (χ3v) is 5.49. The third-order valence-electron chi connectivity index (χ3n) is 5.49. The van der Waals surface area contributed by atoms with Crippen LogP contribution in [0.25, 0.3) is 16.9 Å². The first kappa shape index (κ1) is 21.2. The molecular formula is C22H23F3N4O2. The van der Waals surface area contributed by atoms with Crippen LogP contribution >= 0.6 is 0 Å². The molecule has 2 aliphatic rings. The predicted molar refractivity (Wildman–Crippen MR) is 108 cm³/mol. The van der Waals surface area contributed by atoms with E-state index in [9.17, 15) is 13.2 Å². The number of aliphatic carboxylic acids is 1. The van der Waals surface area contributed by atoms with Crippen molar-refractivity contribution in [3.63, 3.8) is 0 Å². The summed E-state index contributed by atoms with van der Waals surface area (Å²) in [5.74, 6) is -1.85. The molecule has 3 aromatic rings. The Morgan fingerprint density at radius 1 is 1.16 bits per heavy atom. The highest BCUT2D eigenvalue weighted by Crippen LogP contribution is 2.36. The number of carboxylic acid groups (broad SMARTS) is 1. The molecule has 1 aromatic carbocycles. The van der Waals surface area contributed by atoms with Crippen molar-refractivity contribution in [2.75, 3.05) is 6.54 Å². The van der Waals surface area contributed by atoms with Gasteiger partial charge in [0.25, 0.3) is 0 Å². The zero-order valence-electron chi connectivity index (χ0n) is 17.0. The number of aryl methyl sites for hydroxylation is 1. The monoisotopic (exact) mass is 432 g/mol. The van der Waals surface area contributed by atoms with Gasteiger partial charge in [0.05, 0.1) is 11.4 Å². The Hall–Kier alpha value is -3.07. The van der Waals surface area contributed by atoms with Gasteiger partial charge in [-0.05, 0) is 37.0 Å². The molecule has 5 rings (SSSR count). The minimum Gasteiger partial charge on any atom is -0.475 e. The molecule has 0 atom stereocenters. The van der Waals surface area contributed by atoms with Gasteiger partial charge in [-0.1, -0.05) is 18.2 Å². The van der Waals surface area contributed by atoms with Gasteiger partial charge < -0.3 is 9.67 Å². The summed E-state index contributed by atoms with van der Waals surface area (Å²) in [5, 5.41) is 12.1. The van der Waals surface area contributed by atoms with Crippen LogP contribution in [0.15, 0.2) is 48.8 Å². The summed E-state index contributed by atoms with van der Waals surface area (Å²) in [6.07, 6.45) is 2.09. The van der Waals surface area contributed by atoms with E-state index in [2.05, 4.69) is 59.2 Å². The van der Waals surface area contributed by atoms with Crippen molar-refractivity contribution >= 4 is 5.97 Å². The number of hydrogen-bond donors (Lipinski definition) is 1. The smallest absolute Gasteiger partial charge is 0.475 e. The van der Waals surface area contributed by atoms with Crippen molar-refractivity contribution in [1.29, 1.82) is 0 Å². The lowest BCUT2D eigenvalue weighted by Gasteiger charge is -2.20. The van der Waals surface area contributed by atoms with E-state index in [1.807, 2.05) is 10.7 Å². The fourth-order valence-electron chi connectivity index (χ4n) is 3.74. The lowest BCUT2D eigenvalue weighted by molar-refractivity contribution is -0.192. The van der Waals surface area contributed by atoms with Crippen LogP contribution in [0.5, 0.6) is 0 Å². The first-order valence-corrected chi connectivity index (χ1v) is 10.0. The number of fused-ring (bicyclic) bond motifs is 3. The average Bonchev–Trinajstić information content (AvgIpc) is 3.37. The number of hydrogen-bond acceptors (Lipinski definition) is 3. The average molecular weight is 432 g/mol. The molecule has 1 saturated carbocycles. The summed E-state index contributed by atoms with van der Waals surface area (Å²) < 4.78 is 36.0. The number of carbonyl (C=O) groups is 1. The van der Waals surface area contributed by atoms with Crippen molar-refractivity contribution in [3.8, 4) is 16.9 Å². The van der Waals surface area contributed by atoms with E-state index >= 15 is 0 Å². The van der Waals surface area contributed by atoms with Gasteiger partial charge in [0, 0.05) is 55.9 Å². The molecule has 0 bridgehead atoms. The lowest BCUT2D eigenvalue weighted by Crippen LogP contribution is -2.25. The van der Waals surface area contributed by atoms with Gasteiger partial charge in [-0.25, -0.2) is 9.48 Å². The van der Waals surface area contributed by atoms with Crippen molar-refractivity contribution < 1.29 is 23.1 Å². The minimum absolute atomic E-state index is 0.902. The van der Waals surface area contributed by atoms with E-state index < -0.39 is 12.1 Å². The van der Waals surface area contributed by atoms with Crippen molar-refractivity contribution in [2.24, 2.45) is 13.0 Å². The summed E-state index contributed by atoms with van der Waals surface area (Å²) in [6, 6.07) is 12.6. The van der Waals surface area contributed by atoms with Crippen LogP contribution in [-0.4, -0.2) is 43.0 Å². The maximum atomic E-state index is 10.6. The van der Waals surface area contributed by atoms with E-state index in [4.69, 9.17) is 15.0 Å². The molecule has 0 radical (unpaired) electrons. The van der Waals surface area contributed by atoms with Crippen LogP contribution in [0.1, 0.15) is 24.1 Å². The second kappa shape index (κ2) is 8.22. The van der Waals surface area contributed by atoms with Gasteiger partial charge in [-0.2, -0.15) is 18.3 Å². The Labute approximate surface area is 177 Å². The second-order valence-electron chi connectivity index (χ2n) is 7.99. The van der Waals surface area contributed by atoms with E-state index in [1.54, 1.807) is 0 Å². The van der Waals surface area contributed by atoms with E-state index in [0.717, 1.165) is 30.4 Å². The Morgan fingerprint density at radius 3 is 2.45 bits per heavy atom. The highest BCUT2D eigenvalue weighted by atomic mass is 19.4. The Bertz CT molecular complexity index is 1070. The maximum Gasteiger partial charge on any atom is 0.490 e. The highest BCUT2D eigenvalue weighted by molar-refractivity contribution is 5.73. The summed E-state index contributed by atoms with van der Waals surface area (Å²) in [4.78, 5) is 11.5. The molecule has 2 aromatic heterocycles. The molecule has 31 heavy (non-hydrogen) atoms. The molecule has 1 N–H and O–H groups in total. The molecule has 0 saturated heterocycles. The topological polar surface area (TPSA) is 63.3 Å². The molecule has 1 aliphatic carbocycles. The Morgan fingerprint density at radius 2 is 1.84 bits per heavy atom. The number of alkyl halides is 3. The van der Waals surface area contributed by atoms with Gasteiger partial charge in [-0.15, -0.1) is 0 Å².